The molecule has 3 aromatic heterocycles. The Bertz CT molecular complexity index is 956. The Hall–Kier alpha value is -2.80. The van der Waals surface area contributed by atoms with Gasteiger partial charge in [0, 0.05) is 62.5 Å². The lowest BCUT2D eigenvalue weighted by Gasteiger charge is -2.32. The van der Waals surface area contributed by atoms with Crippen LogP contribution in [0.5, 0.6) is 0 Å². The monoisotopic (exact) mass is 378 g/mol. The van der Waals surface area contributed by atoms with Gasteiger partial charge in [-0.25, -0.2) is 9.67 Å². The smallest absolute Gasteiger partial charge is 0.266 e. The normalized spacial score (nSPS) is 15.8. The summed E-state index contributed by atoms with van der Waals surface area (Å²) in [5, 5.41) is 4.59. The van der Waals surface area contributed by atoms with Crippen LogP contribution < -0.4 is 5.56 Å². The summed E-state index contributed by atoms with van der Waals surface area (Å²) in [5.74, 6) is 0.492. The highest BCUT2D eigenvalue weighted by Crippen LogP contribution is 2.19. The van der Waals surface area contributed by atoms with Gasteiger partial charge in [-0.1, -0.05) is 0 Å². The summed E-state index contributed by atoms with van der Waals surface area (Å²) >= 11 is 0. The maximum atomic E-state index is 12.3. The lowest BCUT2D eigenvalue weighted by Crippen LogP contribution is -2.37. The molecule has 0 bridgehead atoms. The van der Waals surface area contributed by atoms with E-state index in [2.05, 4.69) is 24.5 Å². The molecule has 3 aromatic rings. The molecular formula is C21H26N6O. The number of rotatable bonds is 6. The van der Waals surface area contributed by atoms with Crippen LogP contribution >= 0.6 is 0 Å². The molecule has 7 nitrogen and oxygen atoms in total. The highest BCUT2D eigenvalue weighted by atomic mass is 16.1. The summed E-state index contributed by atoms with van der Waals surface area (Å²) in [5.41, 5.74) is 3.03. The molecule has 0 aliphatic carbocycles. The van der Waals surface area contributed by atoms with Crippen LogP contribution in [-0.2, 0) is 20.0 Å². The topological polar surface area (TPSA) is 68.8 Å². The molecule has 146 valence electrons. The Balaban J connectivity index is 1.33. The molecule has 4 rings (SSSR count). The SMILES string of the molecule is Cn1cncc1CCN1CCC(Cn2nc(-c3ccncc3)ccc2=O)CC1. The average Bonchev–Trinajstić information content (AvgIpc) is 3.14. The highest BCUT2D eigenvalue weighted by Gasteiger charge is 2.20. The van der Waals surface area contributed by atoms with E-state index in [0.717, 1.165) is 50.2 Å². The Kier molecular flexibility index (Phi) is 5.62. The number of hydrogen-bond donors (Lipinski definition) is 0. The Morgan fingerprint density at radius 1 is 1.07 bits per heavy atom. The first-order chi connectivity index (χ1) is 13.7. The zero-order valence-corrected chi connectivity index (χ0v) is 16.2. The molecule has 0 amide bonds. The van der Waals surface area contributed by atoms with Gasteiger partial charge in [-0.05, 0) is 50.0 Å². The van der Waals surface area contributed by atoms with E-state index < -0.39 is 0 Å². The van der Waals surface area contributed by atoms with Crippen molar-refractivity contribution in [2.75, 3.05) is 19.6 Å². The van der Waals surface area contributed by atoms with Crippen molar-refractivity contribution >= 4 is 0 Å². The van der Waals surface area contributed by atoms with Crippen molar-refractivity contribution < 1.29 is 0 Å². The molecule has 1 fully saturated rings. The van der Waals surface area contributed by atoms with Gasteiger partial charge >= 0.3 is 0 Å². The van der Waals surface area contributed by atoms with E-state index in [1.54, 1.807) is 29.2 Å². The third-order valence-corrected chi connectivity index (χ3v) is 5.58. The third kappa shape index (κ3) is 4.36. The zero-order chi connectivity index (χ0) is 19.3. The van der Waals surface area contributed by atoms with Crippen LogP contribution in [0, 0.1) is 5.92 Å². The molecule has 0 aromatic carbocycles. The van der Waals surface area contributed by atoms with Gasteiger partial charge in [0.05, 0.1) is 12.0 Å². The molecule has 0 unspecified atom stereocenters. The van der Waals surface area contributed by atoms with E-state index >= 15 is 0 Å². The second kappa shape index (κ2) is 8.48. The molecule has 1 aliphatic rings. The second-order valence-electron chi connectivity index (χ2n) is 7.51. The van der Waals surface area contributed by atoms with E-state index in [9.17, 15) is 4.79 Å². The fourth-order valence-electron chi connectivity index (χ4n) is 3.79. The van der Waals surface area contributed by atoms with Crippen LogP contribution in [0.4, 0.5) is 0 Å². The molecule has 0 radical (unpaired) electrons. The largest absolute Gasteiger partial charge is 0.338 e. The van der Waals surface area contributed by atoms with Gasteiger partial charge in [0.1, 0.15) is 0 Å². The standard InChI is InChI=1S/C21H26N6O/c1-25-16-23-14-19(25)8-13-26-11-6-17(7-12-26)15-27-21(28)3-2-20(24-27)18-4-9-22-10-5-18/h2-5,9-10,14,16-17H,6-8,11-13,15H2,1H3. The van der Waals surface area contributed by atoms with Crippen LogP contribution in [0.2, 0.25) is 0 Å². The number of imidazole rings is 1. The fraction of sp³-hybridized carbons (Fsp3) is 0.429. The van der Waals surface area contributed by atoms with Gasteiger partial charge in [0.2, 0.25) is 0 Å². The molecule has 0 saturated carbocycles. The number of likely N-dealkylation sites (tertiary alicyclic amines) is 1. The predicted octanol–water partition coefficient (Wildman–Crippen LogP) is 1.99. The van der Waals surface area contributed by atoms with Gasteiger partial charge in [-0.3, -0.25) is 9.78 Å². The van der Waals surface area contributed by atoms with Crippen molar-refractivity contribution in [1.82, 2.24) is 29.2 Å². The van der Waals surface area contributed by atoms with E-state index in [1.165, 1.54) is 5.69 Å². The summed E-state index contributed by atoms with van der Waals surface area (Å²) in [6, 6.07) is 7.23. The first-order valence-corrected chi connectivity index (χ1v) is 9.85. The second-order valence-corrected chi connectivity index (χ2v) is 7.51. The highest BCUT2D eigenvalue weighted by molar-refractivity contribution is 5.56. The van der Waals surface area contributed by atoms with Crippen LogP contribution in [-0.4, -0.2) is 48.8 Å². The third-order valence-electron chi connectivity index (χ3n) is 5.58. The Morgan fingerprint density at radius 3 is 2.57 bits per heavy atom. The van der Waals surface area contributed by atoms with Gasteiger partial charge in [0.15, 0.2) is 0 Å². The van der Waals surface area contributed by atoms with Crippen molar-refractivity contribution in [3.05, 3.63) is 65.2 Å². The van der Waals surface area contributed by atoms with Gasteiger partial charge < -0.3 is 9.47 Å². The van der Waals surface area contributed by atoms with E-state index in [4.69, 9.17) is 0 Å². The van der Waals surface area contributed by atoms with Crippen molar-refractivity contribution in [3.8, 4) is 11.3 Å². The lowest BCUT2D eigenvalue weighted by atomic mass is 9.96. The predicted molar refractivity (Wildman–Crippen MR) is 108 cm³/mol. The number of nitrogens with zero attached hydrogens (tertiary/aromatic N) is 6. The maximum Gasteiger partial charge on any atom is 0.266 e. The Morgan fingerprint density at radius 2 is 1.86 bits per heavy atom. The molecule has 4 heterocycles. The van der Waals surface area contributed by atoms with Crippen molar-refractivity contribution in [2.24, 2.45) is 13.0 Å². The molecule has 1 aliphatic heterocycles. The average molecular weight is 378 g/mol. The minimum Gasteiger partial charge on any atom is -0.338 e. The van der Waals surface area contributed by atoms with Crippen LogP contribution in [0.15, 0.2) is 54.0 Å². The Labute approximate surface area is 164 Å². The number of aromatic nitrogens is 5. The summed E-state index contributed by atoms with van der Waals surface area (Å²) in [6.45, 7) is 3.89. The van der Waals surface area contributed by atoms with Crippen molar-refractivity contribution in [2.45, 2.75) is 25.8 Å². The number of pyridine rings is 1. The summed E-state index contributed by atoms with van der Waals surface area (Å²) in [7, 11) is 2.04. The zero-order valence-electron chi connectivity index (χ0n) is 16.2. The fourth-order valence-corrected chi connectivity index (χ4v) is 3.79. The van der Waals surface area contributed by atoms with Gasteiger partial charge in [0.25, 0.3) is 5.56 Å². The molecular weight excluding hydrogens is 352 g/mol. The summed E-state index contributed by atoms with van der Waals surface area (Å²) in [4.78, 5) is 23.0. The minimum absolute atomic E-state index is 0.0311. The van der Waals surface area contributed by atoms with Gasteiger partial charge in [-0.15, -0.1) is 0 Å². The van der Waals surface area contributed by atoms with Crippen LogP contribution in [0.3, 0.4) is 0 Å². The quantitative estimate of drug-likeness (QED) is 0.656. The lowest BCUT2D eigenvalue weighted by molar-refractivity contribution is 0.171. The minimum atomic E-state index is -0.0311. The van der Waals surface area contributed by atoms with Gasteiger partial charge in [-0.2, -0.15) is 5.10 Å². The molecule has 0 spiro atoms. The van der Waals surface area contributed by atoms with E-state index in [-0.39, 0.29) is 5.56 Å². The number of aryl methyl sites for hydroxylation is 1. The molecule has 1 saturated heterocycles. The number of piperidine rings is 1. The molecule has 0 atom stereocenters. The van der Waals surface area contributed by atoms with Crippen LogP contribution in [0.25, 0.3) is 11.3 Å². The maximum absolute atomic E-state index is 12.3. The molecule has 7 heteroatoms. The number of hydrogen-bond acceptors (Lipinski definition) is 5. The molecule has 28 heavy (non-hydrogen) atoms. The van der Waals surface area contributed by atoms with Crippen molar-refractivity contribution in [1.29, 1.82) is 0 Å². The van der Waals surface area contributed by atoms with Crippen molar-refractivity contribution in [3.63, 3.8) is 0 Å². The van der Waals surface area contributed by atoms with Crippen LogP contribution in [0.1, 0.15) is 18.5 Å². The summed E-state index contributed by atoms with van der Waals surface area (Å²) in [6.07, 6.45) is 10.5. The summed E-state index contributed by atoms with van der Waals surface area (Å²) < 4.78 is 3.71. The first-order valence-electron chi connectivity index (χ1n) is 9.85. The van der Waals surface area contributed by atoms with E-state index in [0.29, 0.717) is 12.5 Å². The first kappa shape index (κ1) is 18.6. The molecule has 0 N–H and O–H groups in total. The van der Waals surface area contributed by atoms with E-state index in [1.807, 2.05) is 31.7 Å².